The molecule has 1 fully saturated rings. The van der Waals surface area contributed by atoms with Crippen LogP contribution in [0.5, 0.6) is 5.75 Å². The van der Waals surface area contributed by atoms with Gasteiger partial charge in [-0.05, 0) is 68.5 Å². The zero-order chi connectivity index (χ0) is 30.3. The molecule has 4 rings (SSSR count). The summed E-state index contributed by atoms with van der Waals surface area (Å²) in [5, 5.41) is 3.14. The molecule has 0 bridgehead atoms. The molecule has 1 aliphatic carbocycles. The molecule has 0 spiro atoms. The lowest BCUT2D eigenvalue weighted by molar-refractivity contribution is -0.140. The summed E-state index contributed by atoms with van der Waals surface area (Å²) >= 11 is 0. The normalized spacial score (nSPS) is 14.3. The summed E-state index contributed by atoms with van der Waals surface area (Å²) in [5.41, 5.74) is 2.83. The van der Waals surface area contributed by atoms with Crippen LogP contribution in [-0.4, -0.2) is 50.9 Å². The Morgan fingerprint density at radius 1 is 0.952 bits per heavy atom. The molecule has 2 amide bonds. The molecule has 0 aliphatic heterocycles. The summed E-state index contributed by atoms with van der Waals surface area (Å²) in [6.07, 6.45) is 4.36. The third-order valence-corrected chi connectivity index (χ3v) is 9.55. The molecule has 0 radical (unpaired) electrons. The van der Waals surface area contributed by atoms with Crippen molar-refractivity contribution in [3.8, 4) is 5.75 Å². The van der Waals surface area contributed by atoms with Gasteiger partial charge in [0.05, 0.1) is 17.7 Å². The maximum Gasteiger partial charge on any atom is 0.264 e. The minimum atomic E-state index is -4.19. The summed E-state index contributed by atoms with van der Waals surface area (Å²) < 4.78 is 35.0. The van der Waals surface area contributed by atoms with Crippen molar-refractivity contribution in [2.24, 2.45) is 0 Å². The van der Waals surface area contributed by atoms with E-state index >= 15 is 0 Å². The minimum Gasteiger partial charge on any atom is -0.495 e. The number of carbonyl (C=O) groups excluding carboxylic acids is 2. The third-order valence-electron chi connectivity index (χ3n) is 7.77. The van der Waals surface area contributed by atoms with Crippen molar-refractivity contribution in [1.29, 1.82) is 0 Å². The molecule has 1 saturated carbocycles. The topological polar surface area (TPSA) is 96.0 Å². The standard InChI is InChI=1S/C33H41N3O5S/c1-5-29(33(38)34-27-13-9-10-14-27)35(22-26-11-7-6-8-12-26)32(37)23-36(30-21-25(3)17-20-31(30)41-4)42(39,40)28-18-15-24(2)16-19-28/h6-8,11-12,15-21,27,29H,5,9-10,13-14,22-23H2,1-4H3,(H,34,38). The highest BCUT2D eigenvalue weighted by Gasteiger charge is 2.35. The lowest BCUT2D eigenvalue weighted by Gasteiger charge is -2.34. The molecule has 1 aliphatic rings. The molecule has 3 aromatic carbocycles. The van der Waals surface area contributed by atoms with Crippen molar-refractivity contribution in [3.05, 3.63) is 89.5 Å². The van der Waals surface area contributed by atoms with E-state index in [0.717, 1.165) is 46.7 Å². The SMILES string of the molecule is CCC(C(=O)NC1CCCC1)N(Cc1ccccc1)C(=O)CN(c1cc(C)ccc1OC)S(=O)(=O)c1ccc(C)cc1. The number of methoxy groups -OCH3 is 1. The summed E-state index contributed by atoms with van der Waals surface area (Å²) in [6, 6.07) is 20.5. The third kappa shape index (κ3) is 7.31. The van der Waals surface area contributed by atoms with Crippen LogP contribution >= 0.6 is 0 Å². The smallest absolute Gasteiger partial charge is 0.264 e. The van der Waals surface area contributed by atoms with Crippen LogP contribution in [0.2, 0.25) is 0 Å². The zero-order valence-electron chi connectivity index (χ0n) is 24.9. The number of carbonyl (C=O) groups is 2. The van der Waals surface area contributed by atoms with Crippen molar-refractivity contribution in [3.63, 3.8) is 0 Å². The van der Waals surface area contributed by atoms with Gasteiger partial charge in [-0.15, -0.1) is 0 Å². The molecule has 0 aromatic heterocycles. The quantitative estimate of drug-likeness (QED) is 0.305. The molecule has 224 valence electrons. The first-order valence-corrected chi connectivity index (χ1v) is 16.0. The summed E-state index contributed by atoms with van der Waals surface area (Å²) in [5.74, 6) is -0.369. The van der Waals surface area contributed by atoms with Crippen LogP contribution in [0, 0.1) is 13.8 Å². The highest BCUT2D eigenvalue weighted by molar-refractivity contribution is 7.92. The van der Waals surface area contributed by atoms with Crippen molar-refractivity contribution in [2.45, 2.75) is 76.4 Å². The van der Waals surface area contributed by atoms with E-state index in [0.29, 0.717) is 12.2 Å². The minimum absolute atomic E-state index is 0.0603. The Hall–Kier alpha value is -3.85. The molecule has 1 atom stereocenters. The van der Waals surface area contributed by atoms with Crippen LogP contribution in [0.25, 0.3) is 0 Å². The average molecular weight is 592 g/mol. The molecular formula is C33H41N3O5S. The summed E-state index contributed by atoms with van der Waals surface area (Å²) in [4.78, 5) is 29.4. The number of amides is 2. The van der Waals surface area contributed by atoms with Crippen LogP contribution in [0.15, 0.2) is 77.7 Å². The maximum absolute atomic E-state index is 14.3. The fraction of sp³-hybridized carbons (Fsp3) is 0.394. The van der Waals surface area contributed by atoms with E-state index in [4.69, 9.17) is 4.74 Å². The fourth-order valence-electron chi connectivity index (χ4n) is 5.41. The van der Waals surface area contributed by atoms with E-state index in [1.165, 1.54) is 24.1 Å². The lowest BCUT2D eigenvalue weighted by Crippen LogP contribution is -2.53. The number of aryl methyl sites for hydroxylation is 2. The number of sulfonamides is 1. The number of anilines is 1. The highest BCUT2D eigenvalue weighted by Crippen LogP contribution is 2.34. The number of hydrogen-bond donors (Lipinski definition) is 1. The van der Waals surface area contributed by atoms with Crippen molar-refractivity contribution < 1.29 is 22.7 Å². The zero-order valence-corrected chi connectivity index (χ0v) is 25.7. The van der Waals surface area contributed by atoms with Gasteiger partial charge in [-0.2, -0.15) is 0 Å². The van der Waals surface area contributed by atoms with Gasteiger partial charge in [0.15, 0.2) is 0 Å². The van der Waals surface area contributed by atoms with Crippen molar-refractivity contribution >= 4 is 27.5 Å². The van der Waals surface area contributed by atoms with Gasteiger partial charge < -0.3 is 15.0 Å². The number of benzene rings is 3. The predicted molar refractivity (Wildman–Crippen MR) is 165 cm³/mol. The van der Waals surface area contributed by atoms with Gasteiger partial charge >= 0.3 is 0 Å². The van der Waals surface area contributed by atoms with E-state index in [1.54, 1.807) is 24.3 Å². The molecule has 8 nitrogen and oxygen atoms in total. The van der Waals surface area contributed by atoms with Crippen LogP contribution in [0.4, 0.5) is 5.69 Å². The second kappa shape index (κ2) is 13.9. The average Bonchev–Trinajstić information content (AvgIpc) is 3.49. The highest BCUT2D eigenvalue weighted by atomic mass is 32.2. The van der Waals surface area contributed by atoms with Crippen LogP contribution in [0.3, 0.4) is 0 Å². The van der Waals surface area contributed by atoms with Gasteiger partial charge in [-0.1, -0.05) is 73.9 Å². The Kier molecular flexibility index (Phi) is 10.3. The monoisotopic (exact) mass is 591 g/mol. The molecule has 0 saturated heterocycles. The Morgan fingerprint density at radius 3 is 2.21 bits per heavy atom. The Bertz CT molecular complexity index is 1470. The van der Waals surface area contributed by atoms with Gasteiger partial charge in [0.2, 0.25) is 11.8 Å². The maximum atomic E-state index is 14.3. The lowest BCUT2D eigenvalue weighted by atomic mass is 10.1. The number of ether oxygens (including phenoxy) is 1. The summed E-state index contributed by atoms with van der Waals surface area (Å²) in [7, 11) is -2.72. The second-order valence-electron chi connectivity index (χ2n) is 10.9. The number of nitrogens with one attached hydrogen (secondary N) is 1. The largest absolute Gasteiger partial charge is 0.495 e. The Labute approximate surface area is 249 Å². The molecule has 3 aromatic rings. The van der Waals surface area contributed by atoms with E-state index in [-0.39, 0.29) is 29.1 Å². The van der Waals surface area contributed by atoms with Crippen molar-refractivity contribution in [2.75, 3.05) is 18.0 Å². The van der Waals surface area contributed by atoms with E-state index in [1.807, 2.05) is 57.2 Å². The van der Waals surface area contributed by atoms with Gasteiger partial charge in [0.25, 0.3) is 10.0 Å². The van der Waals surface area contributed by atoms with Crippen molar-refractivity contribution in [1.82, 2.24) is 10.2 Å². The molecular weight excluding hydrogens is 550 g/mol. The van der Waals surface area contributed by atoms with Gasteiger partial charge in [-0.25, -0.2) is 8.42 Å². The Balaban J connectivity index is 1.75. The van der Waals surface area contributed by atoms with E-state index in [2.05, 4.69) is 5.32 Å². The fourth-order valence-corrected chi connectivity index (χ4v) is 6.83. The molecule has 0 heterocycles. The first-order valence-electron chi connectivity index (χ1n) is 14.5. The molecule has 42 heavy (non-hydrogen) atoms. The van der Waals surface area contributed by atoms with Gasteiger partial charge in [-0.3, -0.25) is 13.9 Å². The first kappa shape index (κ1) is 31.1. The molecule has 9 heteroatoms. The number of rotatable bonds is 12. The van der Waals surface area contributed by atoms with Crippen LogP contribution in [-0.2, 0) is 26.2 Å². The predicted octanol–water partition coefficient (Wildman–Crippen LogP) is 5.37. The summed E-state index contributed by atoms with van der Waals surface area (Å²) in [6.45, 7) is 5.26. The van der Waals surface area contributed by atoms with Crippen LogP contribution in [0.1, 0.15) is 55.7 Å². The molecule has 1 unspecified atom stereocenters. The number of nitrogens with zero attached hydrogens (tertiary/aromatic N) is 2. The van der Waals surface area contributed by atoms with E-state index < -0.39 is 28.5 Å². The van der Waals surface area contributed by atoms with E-state index in [9.17, 15) is 18.0 Å². The van der Waals surface area contributed by atoms with Gasteiger partial charge in [0.1, 0.15) is 18.3 Å². The van der Waals surface area contributed by atoms with Crippen LogP contribution < -0.4 is 14.4 Å². The second-order valence-corrected chi connectivity index (χ2v) is 12.8. The first-order chi connectivity index (χ1) is 20.1. The molecule has 1 N–H and O–H groups in total. The Morgan fingerprint density at radius 2 is 1.60 bits per heavy atom. The number of hydrogen-bond acceptors (Lipinski definition) is 5. The van der Waals surface area contributed by atoms with Gasteiger partial charge in [0, 0.05) is 12.6 Å².